The monoisotopic (exact) mass is 337 g/mol. The highest BCUT2D eigenvalue weighted by molar-refractivity contribution is 8.26. The summed E-state index contributed by atoms with van der Waals surface area (Å²) < 4.78 is 11.9. The SMILES string of the molecule is CCOc1cc(/C=C2/SC(=S)NC2=O)ccc1OCC(C)C. The molecule has 0 aliphatic carbocycles. The molecule has 1 saturated heterocycles. The summed E-state index contributed by atoms with van der Waals surface area (Å²) in [6.07, 6.45) is 1.80. The van der Waals surface area contributed by atoms with Crippen LogP contribution in [-0.4, -0.2) is 23.4 Å². The van der Waals surface area contributed by atoms with Crippen LogP contribution >= 0.6 is 24.0 Å². The maximum atomic E-state index is 11.7. The zero-order chi connectivity index (χ0) is 16.1. The number of thiocarbonyl (C=S) groups is 1. The van der Waals surface area contributed by atoms with E-state index in [0.717, 1.165) is 11.3 Å². The highest BCUT2D eigenvalue weighted by atomic mass is 32.2. The molecule has 118 valence electrons. The Morgan fingerprint density at radius 3 is 2.68 bits per heavy atom. The molecule has 1 N–H and O–H groups in total. The van der Waals surface area contributed by atoms with E-state index in [1.807, 2.05) is 25.1 Å². The van der Waals surface area contributed by atoms with Gasteiger partial charge >= 0.3 is 0 Å². The van der Waals surface area contributed by atoms with Crippen molar-refractivity contribution in [2.75, 3.05) is 13.2 Å². The normalized spacial score (nSPS) is 16.3. The first-order chi connectivity index (χ1) is 10.5. The van der Waals surface area contributed by atoms with E-state index in [1.54, 1.807) is 6.08 Å². The third-order valence-corrected chi connectivity index (χ3v) is 3.94. The van der Waals surface area contributed by atoms with Gasteiger partial charge in [0.1, 0.15) is 4.32 Å². The Balaban J connectivity index is 2.23. The van der Waals surface area contributed by atoms with Gasteiger partial charge in [-0.15, -0.1) is 0 Å². The molecule has 1 aliphatic rings. The van der Waals surface area contributed by atoms with Gasteiger partial charge in [-0.05, 0) is 36.6 Å². The van der Waals surface area contributed by atoms with Gasteiger partial charge in [-0.25, -0.2) is 0 Å². The van der Waals surface area contributed by atoms with Crippen LogP contribution in [0.5, 0.6) is 11.5 Å². The molecule has 0 spiro atoms. The van der Waals surface area contributed by atoms with E-state index in [0.29, 0.717) is 34.1 Å². The number of amides is 1. The molecule has 6 heteroatoms. The zero-order valence-corrected chi connectivity index (χ0v) is 14.5. The molecule has 0 aromatic heterocycles. The summed E-state index contributed by atoms with van der Waals surface area (Å²) in [6, 6.07) is 5.65. The zero-order valence-electron chi connectivity index (χ0n) is 12.8. The van der Waals surface area contributed by atoms with Crippen LogP contribution in [0.3, 0.4) is 0 Å². The fraction of sp³-hybridized carbons (Fsp3) is 0.375. The second-order valence-electron chi connectivity index (χ2n) is 5.20. The molecule has 1 aliphatic heterocycles. The highest BCUT2D eigenvalue weighted by Crippen LogP contribution is 2.32. The van der Waals surface area contributed by atoms with E-state index in [9.17, 15) is 4.79 Å². The van der Waals surface area contributed by atoms with Crippen molar-refractivity contribution in [2.45, 2.75) is 20.8 Å². The molecule has 0 atom stereocenters. The van der Waals surface area contributed by atoms with Crippen molar-refractivity contribution in [3.05, 3.63) is 28.7 Å². The minimum absolute atomic E-state index is 0.159. The number of hydrogen-bond donors (Lipinski definition) is 1. The largest absolute Gasteiger partial charge is 0.490 e. The smallest absolute Gasteiger partial charge is 0.263 e. The highest BCUT2D eigenvalue weighted by Gasteiger charge is 2.22. The molecule has 22 heavy (non-hydrogen) atoms. The van der Waals surface area contributed by atoms with Crippen LogP contribution < -0.4 is 14.8 Å². The molecular formula is C16H19NO3S2. The topological polar surface area (TPSA) is 47.6 Å². The van der Waals surface area contributed by atoms with Gasteiger partial charge in [0.15, 0.2) is 11.5 Å². The molecule has 4 nitrogen and oxygen atoms in total. The Morgan fingerprint density at radius 1 is 1.32 bits per heavy atom. The van der Waals surface area contributed by atoms with Gasteiger partial charge in [0.25, 0.3) is 5.91 Å². The molecule has 0 bridgehead atoms. The molecule has 1 heterocycles. The van der Waals surface area contributed by atoms with Gasteiger partial charge in [0.05, 0.1) is 18.1 Å². The van der Waals surface area contributed by atoms with Crippen LogP contribution in [0, 0.1) is 5.92 Å². The number of carbonyl (C=O) groups excluding carboxylic acids is 1. The van der Waals surface area contributed by atoms with Gasteiger partial charge < -0.3 is 14.8 Å². The van der Waals surface area contributed by atoms with Crippen molar-refractivity contribution >= 4 is 40.3 Å². The molecule has 0 saturated carbocycles. The third-order valence-electron chi connectivity index (χ3n) is 2.78. The Kier molecular flexibility index (Phi) is 5.85. The molecule has 1 aromatic carbocycles. The number of benzene rings is 1. The van der Waals surface area contributed by atoms with Crippen LogP contribution in [0.15, 0.2) is 23.1 Å². The average Bonchev–Trinajstić information content (AvgIpc) is 2.76. The van der Waals surface area contributed by atoms with E-state index in [4.69, 9.17) is 21.7 Å². The molecule has 2 rings (SSSR count). The van der Waals surface area contributed by atoms with Gasteiger partial charge in [-0.1, -0.05) is 43.9 Å². The molecular weight excluding hydrogens is 318 g/mol. The predicted octanol–water partition coefficient (Wildman–Crippen LogP) is 3.61. The average molecular weight is 337 g/mol. The molecule has 1 fully saturated rings. The van der Waals surface area contributed by atoms with Crippen LogP contribution in [0.4, 0.5) is 0 Å². The maximum absolute atomic E-state index is 11.7. The first-order valence-corrected chi connectivity index (χ1v) is 8.36. The lowest BCUT2D eigenvalue weighted by atomic mass is 10.2. The van der Waals surface area contributed by atoms with Crippen molar-refractivity contribution in [1.29, 1.82) is 0 Å². The minimum atomic E-state index is -0.159. The second-order valence-corrected chi connectivity index (χ2v) is 6.92. The Labute approximate surface area is 140 Å². The number of thioether (sulfide) groups is 1. The number of hydrogen-bond acceptors (Lipinski definition) is 5. The van der Waals surface area contributed by atoms with Gasteiger partial charge in [-0.3, -0.25) is 4.79 Å². The maximum Gasteiger partial charge on any atom is 0.263 e. The molecule has 0 radical (unpaired) electrons. The summed E-state index contributed by atoms with van der Waals surface area (Å²) in [4.78, 5) is 12.3. The Bertz CT molecular complexity index is 611. The van der Waals surface area contributed by atoms with E-state index in [1.165, 1.54) is 11.8 Å². The standard InChI is InChI=1S/C16H19NO3S2/c1-4-19-13-7-11(5-6-12(13)20-9-10(2)3)8-14-15(18)17-16(21)22-14/h5-8,10H,4,9H2,1-3H3,(H,17,18,21)/b14-8+. The number of ether oxygens (including phenoxy) is 2. The van der Waals surface area contributed by atoms with Crippen molar-refractivity contribution < 1.29 is 14.3 Å². The quantitative estimate of drug-likeness (QED) is 0.635. The molecule has 0 unspecified atom stereocenters. The van der Waals surface area contributed by atoms with E-state index in [2.05, 4.69) is 19.2 Å². The summed E-state index contributed by atoms with van der Waals surface area (Å²) >= 11 is 6.25. The Morgan fingerprint density at radius 2 is 2.09 bits per heavy atom. The first kappa shape index (κ1) is 16.8. The van der Waals surface area contributed by atoms with Crippen LogP contribution in [0.1, 0.15) is 26.3 Å². The third kappa shape index (κ3) is 4.48. The van der Waals surface area contributed by atoms with Crippen molar-refractivity contribution in [3.8, 4) is 11.5 Å². The van der Waals surface area contributed by atoms with Crippen LogP contribution in [0.25, 0.3) is 6.08 Å². The van der Waals surface area contributed by atoms with Crippen molar-refractivity contribution in [2.24, 2.45) is 5.92 Å². The first-order valence-electron chi connectivity index (χ1n) is 7.14. The summed E-state index contributed by atoms with van der Waals surface area (Å²) in [6.45, 7) is 7.30. The number of rotatable bonds is 6. The summed E-state index contributed by atoms with van der Waals surface area (Å²) in [5.41, 5.74) is 0.877. The lowest BCUT2D eigenvalue weighted by Gasteiger charge is -2.14. The van der Waals surface area contributed by atoms with E-state index in [-0.39, 0.29) is 5.91 Å². The number of nitrogens with one attached hydrogen (secondary N) is 1. The second kappa shape index (κ2) is 7.65. The van der Waals surface area contributed by atoms with E-state index >= 15 is 0 Å². The Hall–Kier alpha value is -1.53. The molecule has 1 aromatic rings. The predicted molar refractivity (Wildman–Crippen MR) is 94.3 cm³/mol. The van der Waals surface area contributed by atoms with Crippen LogP contribution in [-0.2, 0) is 4.79 Å². The van der Waals surface area contributed by atoms with Crippen molar-refractivity contribution in [3.63, 3.8) is 0 Å². The lowest BCUT2D eigenvalue weighted by molar-refractivity contribution is -0.115. The van der Waals surface area contributed by atoms with Crippen molar-refractivity contribution in [1.82, 2.24) is 5.32 Å². The van der Waals surface area contributed by atoms with E-state index < -0.39 is 0 Å². The summed E-state index contributed by atoms with van der Waals surface area (Å²) in [5.74, 6) is 1.68. The van der Waals surface area contributed by atoms with Crippen LogP contribution in [0.2, 0.25) is 0 Å². The minimum Gasteiger partial charge on any atom is -0.490 e. The van der Waals surface area contributed by atoms with Gasteiger partial charge in [-0.2, -0.15) is 0 Å². The fourth-order valence-corrected chi connectivity index (χ4v) is 2.88. The van der Waals surface area contributed by atoms with Gasteiger partial charge in [0, 0.05) is 0 Å². The summed E-state index contributed by atoms with van der Waals surface area (Å²) in [5, 5.41) is 2.60. The molecule has 1 amide bonds. The summed E-state index contributed by atoms with van der Waals surface area (Å²) in [7, 11) is 0. The lowest BCUT2D eigenvalue weighted by Crippen LogP contribution is -2.17. The fourth-order valence-electron chi connectivity index (χ4n) is 1.83. The number of carbonyl (C=O) groups is 1. The van der Waals surface area contributed by atoms with Gasteiger partial charge in [0.2, 0.25) is 0 Å².